The summed E-state index contributed by atoms with van der Waals surface area (Å²) in [5, 5.41) is 0. The third kappa shape index (κ3) is 0.840. The van der Waals surface area contributed by atoms with Gasteiger partial charge >= 0.3 is 0 Å². The van der Waals surface area contributed by atoms with E-state index in [4.69, 9.17) is 4.74 Å². The van der Waals surface area contributed by atoms with E-state index in [-0.39, 0.29) is 0 Å². The van der Waals surface area contributed by atoms with Crippen LogP contribution in [0.25, 0.3) is 0 Å². The lowest BCUT2D eigenvalue weighted by Gasteiger charge is -2.17. The fourth-order valence-corrected chi connectivity index (χ4v) is 2.11. The standard InChI is InChI=1S/C10H11NO/c1-2-4-10-7(3-1)8-5-9(8)11-6-12-10/h1-2,4,6-9H,3,5H2. The molecule has 12 heavy (non-hydrogen) atoms. The first-order valence-electron chi connectivity index (χ1n) is 4.50. The Balaban J connectivity index is 1.95. The van der Waals surface area contributed by atoms with Crippen LogP contribution < -0.4 is 0 Å². The summed E-state index contributed by atoms with van der Waals surface area (Å²) in [5.74, 6) is 2.49. The summed E-state index contributed by atoms with van der Waals surface area (Å²) < 4.78 is 5.43. The SMILES string of the molecule is C1=CCC2C(=C1)OC=NC1CC12. The Bertz CT molecular complexity index is 290. The fraction of sp³-hybridized carbons (Fsp3) is 0.500. The van der Waals surface area contributed by atoms with Gasteiger partial charge in [-0.05, 0) is 24.8 Å². The van der Waals surface area contributed by atoms with Crippen LogP contribution in [0, 0.1) is 11.8 Å². The third-order valence-corrected chi connectivity index (χ3v) is 2.91. The molecular formula is C10H11NO. The van der Waals surface area contributed by atoms with Crippen LogP contribution in [0.3, 0.4) is 0 Å². The molecule has 0 radical (unpaired) electrons. The van der Waals surface area contributed by atoms with E-state index < -0.39 is 0 Å². The van der Waals surface area contributed by atoms with Gasteiger partial charge in [0.2, 0.25) is 0 Å². The van der Waals surface area contributed by atoms with Crippen LogP contribution in [0.4, 0.5) is 0 Å². The van der Waals surface area contributed by atoms with Gasteiger partial charge in [-0.25, -0.2) is 0 Å². The topological polar surface area (TPSA) is 21.6 Å². The molecule has 0 saturated heterocycles. The second kappa shape index (κ2) is 2.22. The molecule has 1 heterocycles. The summed E-state index contributed by atoms with van der Waals surface area (Å²) in [6.07, 6.45) is 10.4. The number of rotatable bonds is 0. The molecule has 3 unspecified atom stereocenters. The highest BCUT2D eigenvalue weighted by molar-refractivity contribution is 5.51. The first kappa shape index (κ1) is 6.46. The lowest BCUT2D eigenvalue weighted by Crippen LogP contribution is -2.10. The van der Waals surface area contributed by atoms with Gasteiger partial charge in [0.1, 0.15) is 5.76 Å². The van der Waals surface area contributed by atoms with Crippen LogP contribution in [-0.4, -0.2) is 12.4 Å². The maximum Gasteiger partial charge on any atom is 0.176 e. The summed E-state index contributed by atoms with van der Waals surface area (Å²) in [6.45, 7) is 0. The van der Waals surface area contributed by atoms with Gasteiger partial charge in [0.15, 0.2) is 6.40 Å². The highest BCUT2D eigenvalue weighted by Crippen LogP contribution is 2.47. The predicted octanol–water partition coefficient (Wildman–Crippen LogP) is 1.89. The Morgan fingerprint density at radius 1 is 1.50 bits per heavy atom. The minimum atomic E-state index is 0.562. The molecular weight excluding hydrogens is 150 g/mol. The molecule has 3 aliphatic rings. The van der Waals surface area contributed by atoms with E-state index in [1.807, 2.05) is 0 Å². The molecule has 3 rings (SSSR count). The number of hydrogen-bond acceptors (Lipinski definition) is 2. The first-order valence-corrected chi connectivity index (χ1v) is 4.50. The molecule has 62 valence electrons. The quantitative estimate of drug-likeness (QED) is 0.531. The van der Waals surface area contributed by atoms with E-state index >= 15 is 0 Å². The molecule has 0 spiro atoms. The smallest absolute Gasteiger partial charge is 0.176 e. The Morgan fingerprint density at radius 2 is 2.50 bits per heavy atom. The first-order chi connectivity index (χ1) is 5.95. The van der Waals surface area contributed by atoms with E-state index in [9.17, 15) is 0 Å². The molecule has 1 aliphatic heterocycles. The number of fused-ring (bicyclic) bond motifs is 3. The summed E-state index contributed by atoms with van der Waals surface area (Å²) in [7, 11) is 0. The van der Waals surface area contributed by atoms with Crippen molar-refractivity contribution in [1.82, 2.24) is 0 Å². The zero-order valence-electron chi connectivity index (χ0n) is 6.81. The highest BCUT2D eigenvalue weighted by atomic mass is 16.5. The van der Waals surface area contributed by atoms with Crippen molar-refractivity contribution in [3.63, 3.8) is 0 Å². The number of hydrogen-bond donors (Lipinski definition) is 0. The maximum atomic E-state index is 5.43. The zero-order valence-corrected chi connectivity index (χ0v) is 6.81. The predicted molar refractivity (Wildman–Crippen MR) is 46.8 cm³/mol. The fourth-order valence-electron chi connectivity index (χ4n) is 2.11. The van der Waals surface area contributed by atoms with Gasteiger partial charge < -0.3 is 4.74 Å². The maximum absolute atomic E-state index is 5.43. The van der Waals surface area contributed by atoms with Gasteiger partial charge in [0.25, 0.3) is 0 Å². The molecule has 3 atom stereocenters. The minimum Gasteiger partial charge on any atom is -0.450 e. The van der Waals surface area contributed by atoms with E-state index in [0.717, 1.165) is 18.1 Å². The summed E-state index contributed by atoms with van der Waals surface area (Å²) in [4.78, 5) is 4.31. The van der Waals surface area contributed by atoms with Gasteiger partial charge in [-0.2, -0.15) is 0 Å². The molecule has 0 bridgehead atoms. The van der Waals surface area contributed by atoms with Crippen molar-refractivity contribution in [2.45, 2.75) is 18.9 Å². The average Bonchev–Trinajstić information content (AvgIpc) is 2.82. The molecule has 2 aliphatic carbocycles. The summed E-state index contributed by atoms with van der Waals surface area (Å²) in [5.41, 5.74) is 0. The summed E-state index contributed by atoms with van der Waals surface area (Å²) in [6, 6.07) is 0.562. The number of ether oxygens (including phenoxy) is 1. The van der Waals surface area contributed by atoms with Gasteiger partial charge in [-0.15, -0.1) is 0 Å². The van der Waals surface area contributed by atoms with Crippen LogP contribution in [0.1, 0.15) is 12.8 Å². The van der Waals surface area contributed by atoms with Gasteiger partial charge in [0, 0.05) is 5.92 Å². The molecule has 1 fully saturated rings. The Kier molecular flexibility index (Phi) is 1.20. The molecule has 0 amide bonds. The van der Waals surface area contributed by atoms with Gasteiger partial charge in [-0.1, -0.05) is 12.2 Å². The minimum absolute atomic E-state index is 0.562. The van der Waals surface area contributed by atoms with Crippen LogP contribution in [-0.2, 0) is 4.74 Å². The van der Waals surface area contributed by atoms with Crippen molar-refractivity contribution in [1.29, 1.82) is 0 Å². The number of nitrogens with zero attached hydrogens (tertiary/aromatic N) is 1. The molecule has 2 heteroatoms. The van der Waals surface area contributed by atoms with E-state index in [1.54, 1.807) is 6.40 Å². The molecule has 1 saturated carbocycles. The summed E-state index contributed by atoms with van der Waals surface area (Å²) >= 11 is 0. The number of allylic oxidation sites excluding steroid dienone is 4. The van der Waals surface area contributed by atoms with Crippen molar-refractivity contribution in [3.05, 3.63) is 24.0 Å². The monoisotopic (exact) mass is 161 g/mol. The van der Waals surface area contributed by atoms with Crippen molar-refractivity contribution in [3.8, 4) is 0 Å². The highest BCUT2D eigenvalue weighted by Gasteiger charge is 2.46. The Morgan fingerprint density at radius 3 is 3.50 bits per heavy atom. The van der Waals surface area contributed by atoms with Gasteiger partial charge in [-0.3, -0.25) is 4.99 Å². The van der Waals surface area contributed by atoms with Crippen molar-refractivity contribution < 1.29 is 4.74 Å². The van der Waals surface area contributed by atoms with E-state index in [1.165, 1.54) is 6.42 Å². The second-order valence-electron chi connectivity index (χ2n) is 3.68. The average molecular weight is 161 g/mol. The molecule has 0 aromatic heterocycles. The van der Waals surface area contributed by atoms with Crippen molar-refractivity contribution in [2.24, 2.45) is 16.8 Å². The van der Waals surface area contributed by atoms with Crippen molar-refractivity contribution >= 4 is 6.40 Å². The zero-order chi connectivity index (χ0) is 7.97. The van der Waals surface area contributed by atoms with Crippen LogP contribution in [0.2, 0.25) is 0 Å². The molecule has 0 aromatic carbocycles. The van der Waals surface area contributed by atoms with Crippen molar-refractivity contribution in [2.75, 3.05) is 0 Å². The van der Waals surface area contributed by atoms with Crippen LogP contribution >= 0.6 is 0 Å². The number of aliphatic imine (C=N–C) groups is 1. The van der Waals surface area contributed by atoms with Crippen LogP contribution in [0.5, 0.6) is 0 Å². The molecule has 0 aromatic rings. The third-order valence-electron chi connectivity index (χ3n) is 2.91. The Labute approximate surface area is 71.6 Å². The lowest BCUT2D eigenvalue weighted by molar-refractivity contribution is 0.332. The Hall–Kier alpha value is -1.05. The van der Waals surface area contributed by atoms with E-state index in [0.29, 0.717) is 12.0 Å². The van der Waals surface area contributed by atoms with E-state index in [2.05, 4.69) is 23.2 Å². The second-order valence-corrected chi connectivity index (χ2v) is 3.68. The molecule has 2 nitrogen and oxygen atoms in total. The van der Waals surface area contributed by atoms with Gasteiger partial charge in [0.05, 0.1) is 6.04 Å². The normalized spacial score (nSPS) is 42.0. The largest absolute Gasteiger partial charge is 0.450 e. The lowest BCUT2D eigenvalue weighted by atomic mass is 9.93. The van der Waals surface area contributed by atoms with Crippen LogP contribution in [0.15, 0.2) is 29.0 Å². The molecule has 0 N–H and O–H groups in total.